The van der Waals surface area contributed by atoms with Gasteiger partial charge in [-0.15, -0.1) is 0 Å². The molecule has 1 heterocycles. The first-order chi connectivity index (χ1) is 9.60. The van der Waals surface area contributed by atoms with Crippen molar-refractivity contribution in [2.24, 2.45) is 5.92 Å². The van der Waals surface area contributed by atoms with Gasteiger partial charge in [0.05, 0.1) is 13.0 Å². The SMILES string of the molecule is COc1ccc(CC(C)N2CCCC(C(=O)O)C2)cc1. The summed E-state index contributed by atoms with van der Waals surface area (Å²) in [5.74, 6) is -0.00117. The van der Waals surface area contributed by atoms with Crippen molar-refractivity contribution < 1.29 is 14.6 Å². The fourth-order valence-electron chi connectivity index (χ4n) is 2.84. The van der Waals surface area contributed by atoms with Crippen molar-refractivity contribution in [3.05, 3.63) is 29.8 Å². The number of rotatable bonds is 5. The fourth-order valence-corrected chi connectivity index (χ4v) is 2.84. The number of aliphatic carboxylic acids is 1. The number of methoxy groups -OCH3 is 1. The predicted molar refractivity (Wildman–Crippen MR) is 78.1 cm³/mol. The second-order valence-corrected chi connectivity index (χ2v) is 5.57. The maximum absolute atomic E-state index is 11.1. The van der Waals surface area contributed by atoms with E-state index in [0.717, 1.165) is 31.6 Å². The zero-order valence-corrected chi connectivity index (χ0v) is 12.2. The van der Waals surface area contributed by atoms with Crippen LogP contribution in [0, 0.1) is 5.92 Å². The largest absolute Gasteiger partial charge is 0.497 e. The monoisotopic (exact) mass is 277 g/mol. The lowest BCUT2D eigenvalue weighted by Gasteiger charge is -2.35. The standard InChI is InChI=1S/C16H23NO3/c1-12(10-13-5-7-15(20-2)8-6-13)17-9-3-4-14(11-17)16(18)19/h5-8,12,14H,3-4,9-11H2,1-2H3,(H,18,19). The smallest absolute Gasteiger partial charge is 0.307 e. The lowest BCUT2D eigenvalue weighted by molar-refractivity contribution is -0.143. The Hall–Kier alpha value is -1.55. The van der Waals surface area contributed by atoms with Crippen LogP contribution in [0.4, 0.5) is 0 Å². The predicted octanol–water partition coefficient (Wildman–Crippen LogP) is 2.42. The molecular formula is C16H23NO3. The topological polar surface area (TPSA) is 49.8 Å². The van der Waals surface area contributed by atoms with Gasteiger partial charge in [-0.3, -0.25) is 9.69 Å². The summed E-state index contributed by atoms with van der Waals surface area (Å²) in [6.07, 6.45) is 2.72. The summed E-state index contributed by atoms with van der Waals surface area (Å²) < 4.78 is 5.16. The molecule has 0 radical (unpaired) electrons. The van der Waals surface area contributed by atoms with Crippen LogP contribution in [0.1, 0.15) is 25.3 Å². The van der Waals surface area contributed by atoms with Gasteiger partial charge in [0.1, 0.15) is 5.75 Å². The van der Waals surface area contributed by atoms with E-state index in [1.165, 1.54) is 5.56 Å². The molecule has 4 heteroatoms. The van der Waals surface area contributed by atoms with Gasteiger partial charge in [-0.1, -0.05) is 12.1 Å². The molecule has 1 aliphatic heterocycles. The Morgan fingerprint density at radius 1 is 1.45 bits per heavy atom. The number of hydrogen-bond donors (Lipinski definition) is 1. The van der Waals surface area contributed by atoms with Crippen molar-refractivity contribution in [1.82, 2.24) is 4.90 Å². The second-order valence-electron chi connectivity index (χ2n) is 5.57. The molecule has 0 aliphatic carbocycles. The van der Waals surface area contributed by atoms with Crippen LogP contribution in [-0.4, -0.2) is 42.2 Å². The van der Waals surface area contributed by atoms with Crippen LogP contribution >= 0.6 is 0 Å². The van der Waals surface area contributed by atoms with E-state index in [4.69, 9.17) is 9.84 Å². The van der Waals surface area contributed by atoms with Crippen molar-refractivity contribution in [3.8, 4) is 5.75 Å². The molecule has 0 saturated carbocycles. The lowest BCUT2D eigenvalue weighted by atomic mass is 9.95. The van der Waals surface area contributed by atoms with E-state index in [-0.39, 0.29) is 5.92 Å². The minimum atomic E-state index is -0.661. The molecule has 110 valence electrons. The van der Waals surface area contributed by atoms with E-state index in [2.05, 4.69) is 24.0 Å². The molecule has 0 aromatic heterocycles. The highest BCUT2D eigenvalue weighted by Crippen LogP contribution is 2.21. The summed E-state index contributed by atoms with van der Waals surface area (Å²) in [6.45, 7) is 3.85. The number of ether oxygens (including phenoxy) is 1. The van der Waals surface area contributed by atoms with Gasteiger partial charge in [-0.25, -0.2) is 0 Å². The van der Waals surface area contributed by atoms with Gasteiger partial charge in [-0.05, 0) is 50.4 Å². The number of nitrogens with zero attached hydrogens (tertiary/aromatic N) is 1. The van der Waals surface area contributed by atoms with Crippen LogP contribution in [-0.2, 0) is 11.2 Å². The van der Waals surface area contributed by atoms with Gasteiger partial charge in [0.25, 0.3) is 0 Å². The van der Waals surface area contributed by atoms with E-state index in [9.17, 15) is 4.79 Å². The Kier molecular flexibility index (Phi) is 5.01. The Bertz CT molecular complexity index is 444. The average Bonchev–Trinajstić information content (AvgIpc) is 2.48. The van der Waals surface area contributed by atoms with Crippen molar-refractivity contribution >= 4 is 5.97 Å². The zero-order valence-electron chi connectivity index (χ0n) is 12.2. The van der Waals surface area contributed by atoms with E-state index in [0.29, 0.717) is 12.6 Å². The third-order valence-electron chi connectivity index (χ3n) is 4.12. The highest BCUT2D eigenvalue weighted by molar-refractivity contribution is 5.70. The average molecular weight is 277 g/mol. The summed E-state index contributed by atoms with van der Waals surface area (Å²) in [5, 5.41) is 9.14. The lowest BCUT2D eigenvalue weighted by Crippen LogP contribution is -2.44. The number of carboxylic acid groups (broad SMARTS) is 1. The highest BCUT2D eigenvalue weighted by Gasteiger charge is 2.27. The molecule has 2 atom stereocenters. The molecule has 0 spiro atoms. The minimum Gasteiger partial charge on any atom is -0.497 e. The molecule has 4 nitrogen and oxygen atoms in total. The van der Waals surface area contributed by atoms with Crippen molar-refractivity contribution in [3.63, 3.8) is 0 Å². The zero-order chi connectivity index (χ0) is 14.5. The van der Waals surface area contributed by atoms with Gasteiger partial charge in [0.15, 0.2) is 0 Å². The summed E-state index contributed by atoms with van der Waals surface area (Å²) in [4.78, 5) is 13.4. The van der Waals surface area contributed by atoms with E-state index < -0.39 is 5.97 Å². The molecule has 1 aliphatic rings. The van der Waals surface area contributed by atoms with Gasteiger partial charge in [0.2, 0.25) is 0 Å². The maximum atomic E-state index is 11.1. The van der Waals surface area contributed by atoms with Crippen molar-refractivity contribution in [2.75, 3.05) is 20.2 Å². The molecule has 20 heavy (non-hydrogen) atoms. The number of carboxylic acids is 1. The third kappa shape index (κ3) is 3.73. The minimum absolute atomic E-state index is 0.206. The summed E-state index contributed by atoms with van der Waals surface area (Å²) >= 11 is 0. The Labute approximate surface area is 120 Å². The van der Waals surface area contributed by atoms with E-state index >= 15 is 0 Å². The third-order valence-corrected chi connectivity index (χ3v) is 4.12. The Balaban J connectivity index is 1.93. The van der Waals surface area contributed by atoms with Crippen molar-refractivity contribution in [1.29, 1.82) is 0 Å². The molecular weight excluding hydrogens is 254 g/mol. The molecule has 1 saturated heterocycles. The first-order valence-electron chi connectivity index (χ1n) is 7.20. The number of piperidine rings is 1. The quantitative estimate of drug-likeness (QED) is 0.898. The molecule has 2 unspecified atom stereocenters. The summed E-state index contributed by atoms with van der Waals surface area (Å²) in [5.41, 5.74) is 1.26. The van der Waals surface area contributed by atoms with Crippen LogP contribution < -0.4 is 4.74 Å². The molecule has 2 rings (SSSR count). The first-order valence-corrected chi connectivity index (χ1v) is 7.20. The van der Waals surface area contributed by atoms with E-state index in [1.807, 2.05) is 12.1 Å². The van der Waals surface area contributed by atoms with Crippen LogP contribution in [0.2, 0.25) is 0 Å². The van der Waals surface area contributed by atoms with Gasteiger partial charge < -0.3 is 9.84 Å². The molecule has 0 amide bonds. The Morgan fingerprint density at radius 3 is 2.75 bits per heavy atom. The Morgan fingerprint density at radius 2 is 2.15 bits per heavy atom. The van der Waals surface area contributed by atoms with Gasteiger partial charge in [0, 0.05) is 12.6 Å². The number of likely N-dealkylation sites (tertiary alicyclic amines) is 1. The van der Waals surface area contributed by atoms with Crippen LogP contribution in [0.25, 0.3) is 0 Å². The van der Waals surface area contributed by atoms with Crippen LogP contribution in [0.5, 0.6) is 5.75 Å². The molecule has 1 N–H and O–H groups in total. The molecule has 1 aromatic carbocycles. The molecule has 1 fully saturated rings. The fraction of sp³-hybridized carbons (Fsp3) is 0.562. The maximum Gasteiger partial charge on any atom is 0.307 e. The number of benzene rings is 1. The van der Waals surface area contributed by atoms with Gasteiger partial charge >= 0.3 is 5.97 Å². The van der Waals surface area contributed by atoms with Gasteiger partial charge in [-0.2, -0.15) is 0 Å². The number of carbonyl (C=O) groups is 1. The van der Waals surface area contributed by atoms with Crippen molar-refractivity contribution in [2.45, 2.75) is 32.2 Å². The molecule has 0 bridgehead atoms. The normalized spacial score (nSPS) is 21.4. The van der Waals surface area contributed by atoms with E-state index in [1.54, 1.807) is 7.11 Å². The van der Waals surface area contributed by atoms with Crippen LogP contribution in [0.15, 0.2) is 24.3 Å². The highest BCUT2D eigenvalue weighted by atomic mass is 16.5. The summed E-state index contributed by atoms with van der Waals surface area (Å²) in [6, 6.07) is 8.46. The molecule has 1 aromatic rings. The summed E-state index contributed by atoms with van der Waals surface area (Å²) in [7, 11) is 1.66. The first kappa shape index (κ1) is 14.9. The van der Waals surface area contributed by atoms with Crippen LogP contribution in [0.3, 0.4) is 0 Å². The number of hydrogen-bond acceptors (Lipinski definition) is 3. The second kappa shape index (κ2) is 6.75.